The van der Waals surface area contributed by atoms with Gasteiger partial charge in [0, 0.05) is 18.1 Å². The maximum absolute atomic E-state index is 12.3. The summed E-state index contributed by atoms with van der Waals surface area (Å²) >= 11 is 0. The average molecular weight is 304 g/mol. The van der Waals surface area contributed by atoms with Gasteiger partial charge in [-0.15, -0.1) is 0 Å². The van der Waals surface area contributed by atoms with E-state index in [1.54, 1.807) is 18.2 Å². The smallest absolute Gasteiger partial charge is 0.201 e. The van der Waals surface area contributed by atoms with Gasteiger partial charge in [0.1, 0.15) is 11.5 Å². The van der Waals surface area contributed by atoms with Crippen LogP contribution in [-0.2, 0) is 6.42 Å². The minimum atomic E-state index is -0.715. The first-order valence-corrected chi connectivity index (χ1v) is 6.46. The molecule has 22 heavy (non-hydrogen) atoms. The third-order valence-electron chi connectivity index (χ3n) is 3.28. The topological polar surface area (TPSA) is 96.2 Å². The second-order valence-corrected chi connectivity index (χ2v) is 4.61. The number of Topliss-reactive ketones (excluding diaryl/α,β-unsaturated/α-hetero) is 1. The highest BCUT2D eigenvalue weighted by Gasteiger charge is 2.19. The highest BCUT2D eigenvalue weighted by Crippen LogP contribution is 2.37. The van der Waals surface area contributed by atoms with Gasteiger partial charge in [-0.3, -0.25) is 4.79 Å². The first-order chi connectivity index (χ1) is 10.5. The van der Waals surface area contributed by atoms with Crippen LogP contribution in [0.4, 0.5) is 0 Å². The fourth-order valence-electron chi connectivity index (χ4n) is 2.06. The van der Waals surface area contributed by atoms with Gasteiger partial charge >= 0.3 is 0 Å². The van der Waals surface area contributed by atoms with Crippen molar-refractivity contribution in [1.82, 2.24) is 0 Å². The summed E-state index contributed by atoms with van der Waals surface area (Å²) in [6.45, 7) is 0. The van der Waals surface area contributed by atoms with E-state index in [0.717, 1.165) is 6.07 Å². The Morgan fingerprint density at radius 2 is 1.73 bits per heavy atom. The second kappa shape index (κ2) is 6.26. The third-order valence-corrected chi connectivity index (χ3v) is 3.28. The zero-order chi connectivity index (χ0) is 16.3. The molecule has 0 saturated heterocycles. The average Bonchev–Trinajstić information content (AvgIpc) is 2.53. The highest BCUT2D eigenvalue weighted by molar-refractivity contribution is 6.01. The molecule has 0 bridgehead atoms. The molecule has 2 aromatic rings. The van der Waals surface area contributed by atoms with Gasteiger partial charge in [-0.2, -0.15) is 0 Å². The number of carbonyl (C=O) groups is 1. The molecule has 2 aromatic carbocycles. The lowest BCUT2D eigenvalue weighted by Gasteiger charge is -2.11. The molecule has 116 valence electrons. The quantitative estimate of drug-likeness (QED) is 0.579. The zero-order valence-electron chi connectivity index (χ0n) is 12.2. The Labute approximate surface area is 127 Å². The number of carbonyl (C=O) groups excluding carboxylic acids is 1. The number of phenolic OH excluding ortho intramolecular Hbond substituents is 3. The fraction of sp³-hybridized carbons (Fsp3) is 0.188. The van der Waals surface area contributed by atoms with Gasteiger partial charge in [-0.25, -0.2) is 0 Å². The Kier molecular flexibility index (Phi) is 4.41. The highest BCUT2D eigenvalue weighted by atomic mass is 16.5. The Hall–Kier alpha value is -2.89. The number of methoxy groups -OCH3 is 2. The molecule has 0 spiro atoms. The standard InChI is InChI=1S/C16H16O6/c1-21-10-4-3-9(14(8-10)22-2)7-13(18)11-5-6-12(17)16(20)15(11)19/h3-6,8,17,19-20H,7H2,1-2H3. The Balaban J connectivity index is 2.31. The van der Waals surface area contributed by atoms with Crippen LogP contribution >= 0.6 is 0 Å². The summed E-state index contributed by atoms with van der Waals surface area (Å²) in [5.41, 5.74) is 0.536. The molecule has 0 fully saturated rings. The van der Waals surface area contributed by atoms with Crippen molar-refractivity contribution in [2.24, 2.45) is 0 Å². The molecule has 0 aliphatic heterocycles. The van der Waals surface area contributed by atoms with Crippen LogP contribution in [0.1, 0.15) is 15.9 Å². The number of benzene rings is 2. The number of rotatable bonds is 5. The summed E-state index contributed by atoms with van der Waals surface area (Å²) in [5.74, 6) is -1.19. The molecule has 0 atom stereocenters. The van der Waals surface area contributed by atoms with Gasteiger partial charge < -0.3 is 24.8 Å². The summed E-state index contributed by atoms with van der Waals surface area (Å²) in [6, 6.07) is 7.43. The molecule has 0 aromatic heterocycles. The van der Waals surface area contributed by atoms with E-state index < -0.39 is 23.0 Å². The molecule has 0 saturated carbocycles. The van der Waals surface area contributed by atoms with E-state index in [9.17, 15) is 20.1 Å². The number of ketones is 1. The van der Waals surface area contributed by atoms with Crippen LogP contribution in [0, 0.1) is 0 Å². The van der Waals surface area contributed by atoms with E-state index in [2.05, 4.69) is 0 Å². The summed E-state index contributed by atoms with van der Waals surface area (Å²) in [7, 11) is 3.00. The van der Waals surface area contributed by atoms with Gasteiger partial charge in [0.2, 0.25) is 5.75 Å². The lowest BCUT2D eigenvalue weighted by Crippen LogP contribution is -2.05. The van der Waals surface area contributed by atoms with Crippen LogP contribution in [0.3, 0.4) is 0 Å². The van der Waals surface area contributed by atoms with Crippen molar-refractivity contribution in [2.45, 2.75) is 6.42 Å². The number of hydrogen-bond acceptors (Lipinski definition) is 6. The van der Waals surface area contributed by atoms with E-state index >= 15 is 0 Å². The van der Waals surface area contributed by atoms with E-state index in [0.29, 0.717) is 17.1 Å². The summed E-state index contributed by atoms with van der Waals surface area (Å²) in [6.07, 6.45) is -0.0368. The van der Waals surface area contributed by atoms with Crippen molar-refractivity contribution in [3.63, 3.8) is 0 Å². The largest absolute Gasteiger partial charge is 0.504 e. The van der Waals surface area contributed by atoms with Crippen molar-refractivity contribution in [3.8, 4) is 28.7 Å². The first-order valence-electron chi connectivity index (χ1n) is 6.46. The minimum absolute atomic E-state index is 0.0368. The van der Waals surface area contributed by atoms with Crippen molar-refractivity contribution >= 4 is 5.78 Å². The van der Waals surface area contributed by atoms with Crippen LogP contribution in [0.15, 0.2) is 30.3 Å². The normalized spacial score (nSPS) is 10.3. The lowest BCUT2D eigenvalue weighted by atomic mass is 10.0. The van der Waals surface area contributed by atoms with Crippen LogP contribution < -0.4 is 9.47 Å². The molecule has 3 N–H and O–H groups in total. The van der Waals surface area contributed by atoms with Gasteiger partial charge in [0.15, 0.2) is 17.3 Å². The van der Waals surface area contributed by atoms with E-state index in [1.807, 2.05) is 0 Å². The SMILES string of the molecule is COc1ccc(CC(=O)c2ccc(O)c(O)c2O)c(OC)c1. The van der Waals surface area contributed by atoms with E-state index in [1.165, 1.54) is 20.3 Å². The first kappa shape index (κ1) is 15.5. The predicted molar refractivity (Wildman–Crippen MR) is 79.0 cm³/mol. The molecular formula is C16H16O6. The molecule has 2 rings (SSSR count). The Bertz CT molecular complexity index is 708. The fourth-order valence-corrected chi connectivity index (χ4v) is 2.06. The van der Waals surface area contributed by atoms with Crippen molar-refractivity contribution in [2.75, 3.05) is 14.2 Å². The lowest BCUT2D eigenvalue weighted by molar-refractivity contribution is 0.0988. The number of hydrogen-bond donors (Lipinski definition) is 3. The molecule has 6 heteroatoms. The van der Waals surface area contributed by atoms with Gasteiger partial charge in [0.05, 0.1) is 19.8 Å². The molecule has 0 aliphatic carbocycles. The Morgan fingerprint density at radius 3 is 2.36 bits per heavy atom. The maximum atomic E-state index is 12.3. The van der Waals surface area contributed by atoms with Crippen molar-refractivity contribution in [3.05, 3.63) is 41.5 Å². The summed E-state index contributed by atoms with van der Waals surface area (Å²) < 4.78 is 10.3. The molecule has 0 radical (unpaired) electrons. The van der Waals surface area contributed by atoms with Crippen molar-refractivity contribution in [1.29, 1.82) is 0 Å². The van der Waals surface area contributed by atoms with Crippen LogP contribution in [0.25, 0.3) is 0 Å². The number of phenols is 3. The molecule has 0 aliphatic rings. The maximum Gasteiger partial charge on any atom is 0.201 e. The van der Waals surface area contributed by atoms with E-state index in [-0.39, 0.29) is 12.0 Å². The monoisotopic (exact) mass is 304 g/mol. The van der Waals surface area contributed by atoms with Gasteiger partial charge in [0.25, 0.3) is 0 Å². The zero-order valence-corrected chi connectivity index (χ0v) is 12.2. The molecule has 0 heterocycles. The molecule has 6 nitrogen and oxygen atoms in total. The van der Waals surface area contributed by atoms with Crippen LogP contribution in [-0.4, -0.2) is 35.3 Å². The second-order valence-electron chi connectivity index (χ2n) is 4.61. The van der Waals surface area contributed by atoms with Crippen molar-refractivity contribution < 1.29 is 29.6 Å². The predicted octanol–water partition coefficient (Wildman–Crippen LogP) is 2.25. The third kappa shape index (κ3) is 2.90. The molecule has 0 amide bonds. The van der Waals surface area contributed by atoms with Crippen LogP contribution in [0.5, 0.6) is 28.7 Å². The number of aromatic hydroxyl groups is 3. The molecule has 0 unspecified atom stereocenters. The molecular weight excluding hydrogens is 288 g/mol. The summed E-state index contributed by atoms with van der Waals surface area (Å²) in [5, 5.41) is 28.5. The Morgan fingerprint density at radius 1 is 1.00 bits per heavy atom. The number of ether oxygens (including phenoxy) is 2. The van der Waals surface area contributed by atoms with E-state index in [4.69, 9.17) is 9.47 Å². The van der Waals surface area contributed by atoms with Gasteiger partial charge in [-0.05, 0) is 18.2 Å². The van der Waals surface area contributed by atoms with Crippen LogP contribution in [0.2, 0.25) is 0 Å². The minimum Gasteiger partial charge on any atom is -0.504 e. The summed E-state index contributed by atoms with van der Waals surface area (Å²) in [4.78, 5) is 12.3. The van der Waals surface area contributed by atoms with Gasteiger partial charge in [-0.1, -0.05) is 6.07 Å².